The Morgan fingerprint density at radius 1 is 1.19 bits per heavy atom. The highest BCUT2D eigenvalue weighted by molar-refractivity contribution is 7.80. The minimum Gasteiger partial charge on any atom is -0.308 e. The van der Waals surface area contributed by atoms with Crippen LogP contribution in [0.25, 0.3) is 11.3 Å². The Labute approximate surface area is 161 Å². The van der Waals surface area contributed by atoms with E-state index in [1.165, 1.54) is 28.7 Å². The molecule has 1 aromatic carbocycles. The smallest absolute Gasteiger partial charge is 0.258 e. The SMILES string of the molecule is Cc1ccc(C)c(-c2nc(NC(=S)NC(=O)c3cccnc3)sc2C)c1. The molecule has 0 spiro atoms. The third-order valence-electron chi connectivity index (χ3n) is 3.82. The van der Waals surface area contributed by atoms with Gasteiger partial charge in [0, 0.05) is 22.8 Å². The Morgan fingerprint density at radius 3 is 2.73 bits per heavy atom. The number of thiazole rings is 1. The van der Waals surface area contributed by atoms with Crippen molar-refractivity contribution < 1.29 is 4.79 Å². The van der Waals surface area contributed by atoms with E-state index in [4.69, 9.17) is 12.2 Å². The van der Waals surface area contributed by atoms with Crippen LogP contribution in [0, 0.1) is 20.8 Å². The molecule has 0 saturated carbocycles. The van der Waals surface area contributed by atoms with Gasteiger partial charge in [0.15, 0.2) is 10.2 Å². The van der Waals surface area contributed by atoms with Crippen LogP contribution < -0.4 is 10.6 Å². The van der Waals surface area contributed by atoms with Gasteiger partial charge < -0.3 is 5.32 Å². The van der Waals surface area contributed by atoms with Crippen molar-refractivity contribution in [3.8, 4) is 11.3 Å². The van der Waals surface area contributed by atoms with E-state index in [-0.39, 0.29) is 11.0 Å². The molecule has 0 saturated heterocycles. The zero-order chi connectivity index (χ0) is 18.7. The van der Waals surface area contributed by atoms with Crippen molar-refractivity contribution in [1.29, 1.82) is 0 Å². The maximum Gasteiger partial charge on any atom is 0.258 e. The highest BCUT2D eigenvalue weighted by Gasteiger charge is 2.14. The number of carbonyl (C=O) groups is 1. The summed E-state index contributed by atoms with van der Waals surface area (Å²) < 4.78 is 0. The van der Waals surface area contributed by atoms with Gasteiger partial charge in [0.1, 0.15) is 0 Å². The van der Waals surface area contributed by atoms with Crippen molar-refractivity contribution in [1.82, 2.24) is 15.3 Å². The normalized spacial score (nSPS) is 10.4. The summed E-state index contributed by atoms with van der Waals surface area (Å²) in [4.78, 5) is 21.8. The minimum absolute atomic E-state index is 0.208. The third-order valence-corrected chi connectivity index (χ3v) is 4.91. The highest BCUT2D eigenvalue weighted by atomic mass is 32.1. The number of nitrogens with one attached hydrogen (secondary N) is 2. The summed E-state index contributed by atoms with van der Waals surface area (Å²) in [6.07, 6.45) is 3.10. The predicted molar refractivity (Wildman–Crippen MR) is 110 cm³/mol. The summed E-state index contributed by atoms with van der Waals surface area (Å²) in [6.45, 7) is 6.16. The second-order valence-corrected chi connectivity index (χ2v) is 7.50. The van der Waals surface area contributed by atoms with Crippen molar-refractivity contribution in [3.63, 3.8) is 0 Å². The first-order chi connectivity index (χ1) is 12.4. The largest absolute Gasteiger partial charge is 0.308 e. The zero-order valence-corrected chi connectivity index (χ0v) is 16.3. The number of pyridine rings is 1. The van der Waals surface area contributed by atoms with E-state index >= 15 is 0 Å². The van der Waals surface area contributed by atoms with E-state index in [0.717, 1.165) is 16.1 Å². The number of benzene rings is 1. The standard InChI is InChI=1S/C19H18N4OS2/c1-11-6-7-12(2)15(9-11)16-13(3)26-19(21-16)23-18(25)22-17(24)14-5-4-8-20-10-14/h4-10H,1-3H3,(H2,21,22,23,24,25). The zero-order valence-electron chi connectivity index (χ0n) is 14.7. The van der Waals surface area contributed by atoms with Crippen LogP contribution in [0.3, 0.4) is 0 Å². The summed E-state index contributed by atoms with van der Waals surface area (Å²) in [5, 5.41) is 6.49. The van der Waals surface area contributed by atoms with Gasteiger partial charge in [0.25, 0.3) is 5.91 Å². The molecule has 0 aliphatic heterocycles. The molecule has 0 radical (unpaired) electrons. The molecule has 0 aliphatic carbocycles. The first kappa shape index (κ1) is 18.2. The second-order valence-electron chi connectivity index (χ2n) is 5.89. The molecule has 0 atom stereocenters. The third kappa shape index (κ3) is 4.12. The number of rotatable bonds is 3. The molecular formula is C19H18N4OS2. The summed E-state index contributed by atoms with van der Waals surface area (Å²) >= 11 is 6.73. The maximum atomic E-state index is 12.1. The number of nitrogens with zero attached hydrogens (tertiary/aromatic N) is 2. The average Bonchev–Trinajstić information content (AvgIpc) is 2.97. The minimum atomic E-state index is -0.307. The van der Waals surface area contributed by atoms with Gasteiger partial charge >= 0.3 is 0 Å². The number of aromatic nitrogens is 2. The Balaban J connectivity index is 1.74. The monoisotopic (exact) mass is 382 g/mol. The van der Waals surface area contributed by atoms with Gasteiger partial charge in [-0.15, -0.1) is 11.3 Å². The molecule has 2 aromatic heterocycles. The van der Waals surface area contributed by atoms with Gasteiger partial charge in [-0.25, -0.2) is 4.98 Å². The number of anilines is 1. The van der Waals surface area contributed by atoms with Gasteiger partial charge in [-0.1, -0.05) is 17.7 Å². The lowest BCUT2D eigenvalue weighted by atomic mass is 10.0. The maximum absolute atomic E-state index is 12.1. The van der Waals surface area contributed by atoms with Crippen molar-refractivity contribution >= 4 is 39.7 Å². The average molecular weight is 383 g/mol. The summed E-state index contributed by atoms with van der Waals surface area (Å²) in [7, 11) is 0. The van der Waals surface area contributed by atoms with E-state index < -0.39 is 0 Å². The molecule has 0 fully saturated rings. The summed E-state index contributed by atoms with van der Waals surface area (Å²) in [6, 6.07) is 9.69. The van der Waals surface area contributed by atoms with Crippen LogP contribution >= 0.6 is 23.6 Å². The fourth-order valence-electron chi connectivity index (χ4n) is 2.49. The van der Waals surface area contributed by atoms with E-state index in [9.17, 15) is 4.79 Å². The summed E-state index contributed by atoms with van der Waals surface area (Å²) in [5.74, 6) is -0.307. The molecule has 1 amide bonds. The van der Waals surface area contributed by atoms with Crippen LogP contribution in [0.4, 0.5) is 5.13 Å². The van der Waals surface area contributed by atoms with Gasteiger partial charge in [-0.2, -0.15) is 0 Å². The van der Waals surface area contributed by atoms with Crippen molar-refractivity contribution in [2.24, 2.45) is 0 Å². The Morgan fingerprint density at radius 2 is 2.00 bits per heavy atom. The van der Waals surface area contributed by atoms with Crippen LogP contribution in [0.15, 0.2) is 42.7 Å². The molecule has 2 N–H and O–H groups in total. The first-order valence-corrected chi connectivity index (χ1v) is 9.24. The molecule has 0 unspecified atom stereocenters. The van der Waals surface area contributed by atoms with E-state index in [0.29, 0.717) is 10.7 Å². The number of hydrogen-bond donors (Lipinski definition) is 2. The molecule has 2 heterocycles. The van der Waals surface area contributed by atoms with Crippen LogP contribution in [-0.2, 0) is 0 Å². The molecule has 0 bridgehead atoms. The Kier molecular flexibility index (Phi) is 5.39. The van der Waals surface area contributed by atoms with Crippen molar-refractivity contribution in [3.05, 3.63) is 64.3 Å². The van der Waals surface area contributed by atoms with Crippen LogP contribution in [0.2, 0.25) is 0 Å². The number of aryl methyl sites for hydroxylation is 3. The fourth-order valence-corrected chi connectivity index (χ4v) is 3.58. The van der Waals surface area contributed by atoms with Crippen LogP contribution in [-0.4, -0.2) is 21.0 Å². The molecule has 0 aliphatic rings. The lowest BCUT2D eigenvalue weighted by Crippen LogP contribution is -2.34. The second kappa shape index (κ2) is 7.72. The quantitative estimate of drug-likeness (QED) is 0.663. The first-order valence-electron chi connectivity index (χ1n) is 8.01. The molecule has 5 nitrogen and oxygen atoms in total. The van der Waals surface area contributed by atoms with Crippen molar-refractivity contribution in [2.75, 3.05) is 5.32 Å². The predicted octanol–water partition coefficient (Wildman–Crippen LogP) is 4.26. The number of thiocarbonyl (C=S) groups is 1. The number of hydrogen-bond acceptors (Lipinski definition) is 5. The van der Waals surface area contributed by atoms with Crippen LogP contribution in [0.5, 0.6) is 0 Å². The van der Waals surface area contributed by atoms with Crippen LogP contribution in [0.1, 0.15) is 26.4 Å². The molecule has 3 rings (SSSR count). The van der Waals surface area contributed by atoms with E-state index in [2.05, 4.69) is 52.6 Å². The Hall–Kier alpha value is -2.64. The van der Waals surface area contributed by atoms with Gasteiger partial charge in [-0.05, 0) is 56.8 Å². The molecule has 26 heavy (non-hydrogen) atoms. The van der Waals surface area contributed by atoms with Crippen molar-refractivity contribution in [2.45, 2.75) is 20.8 Å². The number of amides is 1. The topological polar surface area (TPSA) is 66.9 Å². The lowest BCUT2D eigenvalue weighted by molar-refractivity contribution is 0.0977. The van der Waals surface area contributed by atoms with Gasteiger partial charge in [-0.3, -0.25) is 15.1 Å². The highest BCUT2D eigenvalue weighted by Crippen LogP contribution is 2.32. The lowest BCUT2D eigenvalue weighted by Gasteiger charge is -2.07. The molecular weight excluding hydrogens is 364 g/mol. The fraction of sp³-hybridized carbons (Fsp3) is 0.158. The number of carbonyl (C=O) groups excluding carboxylic acids is 1. The molecule has 132 valence electrons. The summed E-state index contributed by atoms with van der Waals surface area (Å²) in [5.41, 5.74) is 4.84. The van der Waals surface area contributed by atoms with Gasteiger partial charge in [0.05, 0.1) is 11.3 Å². The molecule has 3 aromatic rings. The van der Waals surface area contributed by atoms with Gasteiger partial charge in [0.2, 0.25) is 0 Å². The Bertz CT molecular complexity index is 967. The van der Waals surface area contributed by atoms with E-state index in [1.807, 2.05) is 6.92 Å². The molecule has 7 heteroatoms. The van der Waals surface area contributed by atoms with E-state index in [1.54, 1.807) is 18.3 Å².